The smallest absolute Gasteiger partial charge is 0.326 e. The average Bonchev–Trinajstić information content (AvgIpc) is 2.57. The molecule has 0 amide bonds. The van der Waals surface area contributed by atoms with Gasteiger partial charge in [0, 0.05) is 13.2 Å². The Morgan fingerprint density at radius 2 is 1.91 bits per heavy atom. The van der Waals surface area contributed by atoms with Crippen LogP contribution in [0.4, 0.5) is 0 Å². The van der Waals surface area contributed by atoms with E-state index < -0.39 is 6.04 Å². The van der Waals surface area contributed by atoms with Crippen molar-refractivity contribution in [3.8, 4) is 0 Å². The third-order valence-corrected chi connectivity index (χ3v) is 4.25. The van der Waals surface area contributed by atoms with Crippen molar-refractivity contribution in [1.29, 1.82) is 0 Å². The van der Waals surface area contributed by atoms with Crippen LogP contribution in [0, 0.1) is 0 Å². The molecule has 22 heavy (non-hydrogen) atoms. The minimum Gasteiger partial charge on any atom is -0.465 e. The highest BCUT2D eigenvalue weighted by Gasteiger charge is 2.33. The number of carbonyl (C=O) groups excluding carboxylic acids is 1. The number of hydrogen-bond donors (Lipinski definition) is 1. The molecule has 1 aliphatic carbocycles. The Morgan fingerprint density at radius 3 is 2.50 bits per heavy atom. The Morgan fingerprint density at radius 1 is 1.23 bits per heavy atom. The Bertz CT molecular complexity index is 443. The lowest BCUT2D eigenvalue weighted by Crippen LogP contribution is -2.48. The molecule has 0 bridgehead atoms. The fourth-order valence-corrected chi connectivity index (χ4v) is 3.14. The molecular weight excluding hydrogens is 278 g/mol. The van der Waals surface area contributed by atoms with Crippen molar-refractivity contribution >= 4 is 5.97 Å². The van der Waals surface area contributed by atoms with Crippen molar-refractivity contribution < 1.29 is 14.3 Å². The molecule has 1 N–H and O–H groups in total. The van der Waals surface area contributed by atoms with Crippen molar-refractivity contribution in [3.63, 3.8) is 0 Å². The van der Waals surface area contributed by atoms with E-state index in [0.717, 1.165) is 18.4 Å². The van der Waals surface area contributed by atoms with Gasteiger partial charge in [-0.15, -0.1) is 0 Å². The zero-order chi connectivity index (χ0) is 15.8. The van der Waals surface area contributed by atoms with Gasteiger partial charge in [0.2, 0.25) is 0 Å². The highest BCUT2D eigenvalue weighted by Crippen LogP contribution is 2.25. The predicted octanol–water partition coefficient (Wildman–Crippen LogP) is 3.23. The number of benzene rings is 1. The van der Waals surface area contributed by atoms with Gasteiger partial charge in [-0.05, 0) is 25.3 Å². The van der Waals surface area contributed by atoms with Gasteiger partial charge in [0.05, 0.1) is 6.61 Å². The number of esters is 1. The summed E-state index contributed by atoms with van der Waals surface area (Å²) in [5.41, 5.74) is 0.992. The van der Waals surface area contributed by atoms with Gasteiger partial charge >= 0.3 is 5.97 Å². The highest BCUT2D eigenvalue weighted by molar-refractivity contribution is 5.77. The van der Waals surface area contributed by atoms with E-state index in [1.807, 2.05) is 37.3 Å². The van der Waals surface area contributed by atoms with Crippen LogP contribution in [0.3, 0.4) is 0 Å². The first-order valence-electron chi connectivity index (χ1n) is 8.26. The van der Waals surface area contributed by atoms with Crippen LogP contribution in [0.2, 0.25) is 0 Å². The van der Waals surface area contributed by atoms with E-state index in [-0.39, 0.29) is 12.1 Å². The maximum atomic E-state index is 12.4. The van der Waals surface area contributed by atoms with Crippen molar-refractivity contribution in [2.24, 2.45) is 0 Å². The fraction of sp³-hybridized carbons (Fsp3) is 0.611. The molecule has 1 aromatic carbocycles. The van der Waals surface area contributed by atoms with E-state index in [1.165, 1.54) is 19.3 Å². The maximum absolute atomic E-state index is 12.4. The standard InChI is InChI=1S/C18H27NO3/c1-3-22-18(20)16(19-15-12-8-5-9-13-15)17(21-2)14-10-6-4-7-11-14/h4,6-7,10-11,15-17,19H,3,5,8-9,12-13H2,1-2H3/t16-,17-/m0/s1. The number of rotatable bonds is 7. The number of hydrogen-bond acceptors (Lipinski definition) is 4. The lowest BCUT2D eigenvalue weighted by molar-refractivity contribution is -0.150. The second-order valence-corrected chi connectivity index (χ2v) is 5.80. The Kier molecular flexibility index (Phi) is 6.87. The van der Waals surface area contributed by atoms with Crippen molar-refractivity contribution in [1.82, 2.24) is 5.32 Å². The molecule has 122 valence electrons. The van der Waals surface area contributed by atoms with Crippen molar-refractivity contribution in [3.05, 3.63) is 35.9 Å². The Labute approximate surface area is 133 Å². The van der Waals surface area contributed by atoms with Crippen molar-refractivity contribution in [2.75, 3.05) is 13.7 Å². The Balaban J connectivity index is 2.15. The molecule has 1 aromatic rings. The molecule has 0 saturated heterocycles. The van der Waals surface area contributed by atoms with Gasteiger partial charge in [-0.3, -0.25) is 10.1 Å². The van der Waals surface area contributed by atoms with Crippen LogP contribution in [0.5, 0.6) is 0 Å². The summed E-state index contributed by atoms with van der Waals surface area (Å²) in [6, 6.07) is 9.77. The first kappa shape index (κ1) is 17.0. The summed E-state index contributed by atoms with van der Waals surface area (Å²) in [6.45, 7) is 2.22. The van der Waals surface area contributed by atoms with Crippen LogP contribution in [0.25, 0.3) is 0 Å². The fourth-order valence-electron chi connectivity index (χ4n) is 3.14. The normalized spacial score (nSPS) is 18.6. The summed E-state index contributed by atoms with van der Waals surface area (Å²) < 4.78 is 10.9. The summed E-state index contributed by atoms with van der Waals surface area (Å²) in [5.74, 6) is -0.233. The summed E-state index contributed by atoms with van der Waals surface area (Å²) in [6.07, 6.45) is 5.62. The van der Waals surface area contributed by atoms with E-state index in [2.05, 4.69) is 5.32 Å². The molecule has 0 aliphatic heterocycles. The summed E-state index contributed by atoms with van der Waals surface area (Å²) in [7, 11) is 1.65. The lowest BCUT2D eigenvalue weighted by atomic mass is 9.93. The average molecular weight is 305 g/mol. The second kappa shape index (κ2) is 8.91. The molecule has 4 heteroatoms. The molecule has 0 radical (unpaired) electrons. The second-order valence-electron chi connectivity index (χ2n) is 5.80. The molecule has 1 saturated carbocycles. The van der Waals surface area contributed by atoms with E-state index >= 15 is 0 Å². The van der Waals surface area contributed by atoms with Gasteiger partial charge in [-0.1, -0.05) is 49.6 Å². The summed E-state index contributed by atoms with van der Waals surface area (Å²) in [5, 5.41) is 3.49. The Hall–Kier alpha value is -1.39. The van der Waals surface area contributed by atoms with Crippen LogP contribution in [0.15, 0.2) is 30.3 Å². The third-order valence-electron chi connectivity index (χ3n) is 4.25. The maximum Gasteiger partial charge on any atom is 0.326 e. The zero-order valence-corrected chi connectivity index (χ0v) is 13.6. The molecule has 0 heterocycles. The van der Waals surface area contributed by atoms with E-state index in [0.29, 0.717) is 12.6 Å². The van der Waals surface area contributed by atoms with Gasteiger partial charge in [-0.25, -0.2) is 0 Å². The third kappa shape index (κ3) is 4.55. The van der Waals surface area contributed by atoms with Gasteiger partial charge in [0.25, 0.3) is 0 Å². The summed E-state index contributed by atoms with van der Waals surface area (Å²) >= 11 is 0. The number of ether oxygens (including phenoxy) is 2. The first-order chi connectivity index (χ1) is 10.8. The number of nitrogens with one attached hydrogen (secondary N) is 1. The highest BCUT2D eigenvalue weighted by atomic mass is 16.5. The number of carbonyl (C=O) groups is 1. The molecule has 2 atom stereocenters. The molecular formula is C18H27NO3. The monoisotopic (exact) mass is 305 g/mol. The molecule has 2 rings (SSSR count). The SMILES string of the molecule is CCOC(=O)[C@@H](NC1CCCCC1)[C@@H](OC)c1ccccc1. The number of methoxy groups -OCH3 is 1. The van der Waals surface area contributed by atoms with E-state index in [9.17, 15) is 4.79 Å². The van der Waals surface area contributed by atoms with Crippen LogP contribution < -0.4 is 5.32 Å². The minimum absolute atomic E-state index is 0.233. The van der Waals surface area contributed by atoms with Crippen LogP contribution in [-0.2, 0) is 14.3 Å². The molecule has 0 aromatic heterocycles. The van der Waals surface area contributed by atoms with Gasteiger partial charge in [-0.2, -0.15) is 0 Å². The van der Waals surface area contributed by atoms with E-state index in [1.54, 1.807) is 7.11 Å². The van der Waals surface area contributed by atoms with Crippen LogP contribution in [0.1, 0.15) is 50.7 Å². The molecule has 0 spiro atoms. The molecule has 1 aliphatic rings. The predicted molar refractivity (Wildman–Crippen MR) is 86.6 cm³/mol. The molecule has 1 fully saturated rings. The van der Waals surface area contributed by atoms with Gasteiger partial charge in [0.15, 0.2) is 0 Å². The van der Waals surface area contributed by atoms with Crippen LogP contribution in [-0.4, -0.2) is 31.8 Å². The minimum atomic E-state index is -0.463. The van der Waals surface area contributed by atoms with Crippen molar-refractivity contribution in [2.45, 2.75) is 57.2 Å². The zero-order valence-electron chi connectivity index (χ0n) is 13.6. The lowest BCUT2D eigenvalue weighted by Gasteiger charge is -2.31. The van der Waals surface area contributed by atoms with Crippen LogP contribution >= 0.6 is 0 Å². The summed E-state index contributed by atoms with van der Waals surface area (Å²) in [4.78, 5) is 12.4. The van der Waals surface area contributed by atoms with E-state index in [4.69, 9.17) is 9.47 Å². The topological polar surface area (TPSA) is 47.6 Å². The molecule has 0 unspecified atom stereocenters. The largest absolute Gasteiger partial charge is 0.465 e. The first-order valence-corrected chi connectivity index (χ1v) is 8.26. The van der Waals surface area contributed by atoms with Gasteiger partial charge < -0.3 is 9.47 Å². The quantitative estimate of drug-likeness (QED) is 0.786. The van der Waals surface area contributed by atoms with Gasteiger partial charge in [0.1, 0.15) is 12.1 Å². The molecule has 4 nitrogen and oxygen atoms in total.